The fourth-order valence-electron chi connectivity index (χ4n) is 2.20. The number of H-pyrrole nitrogens is 1. The van der Waals surface area contributed by atoms with E-state index < -0.39 is 6.10 Å². The van der Waals surface area contributed by atoms with Crippen LogP contribution in [0.2, 0.25) is 5.02 Å². The van der Waals surface area contributed by atoms with Crippen LogP contribution in [-0.2, 0) is 9.53 Å². The third kappa shape index (κ3) is 3.25. The second-order valence-electron chi connectivity index (χ2n) is 4.53. The molecule has 0 aliphatic heterocycles. The van der Waals surface area contributed by atoms with Crippen molar-refractivity contribution < 1.29 is 9.53 Å². The lowest BCUT2D eigenvalue weighted by atomic mass is 10.0. The van der Waals surface area contributed by atoms with Gasteiger partial charge in [0.05, 0.1) is 22.1 Å². The fourth-order valence-corrected chi connectivity index (χ4v) is 2.75. The van der Waals surface area contributed by atoms with E-state index in [-0.39, 0.29) is 0 Å². The molecule has 23 heavy (non-hydrogen) atoms. The molecule has 3 aromatic heterocycles. The molecule has 6 nitrogen and oxygen atoms in total. The topological polar surface area (TPSA) is 80.8 Å². The second kappa shape index (κ2) is 6.89. The highest BCUT2D eigenvalue weighted by Crippen LogP contribution is 2.34. The van der Waals surface area contributed by atoms with Crippen LogP contribution in [0.15, 0.2) is 47.3 Å². The summed E-state index contributed by atoms with van der Waals surface area (Å²) in [5.41, 5.74) is 2.33. The van der Waals surface area contributed by atoms with Crippen LogP contribution in [0, 0.1) is 0 Å². The molecule has 0 radical (unpaired) electrons. The first-order valence-electron chi connectivity index (χ1n) is 6.56. The van der Waals surface area contributed by atoms with E-state index in [1.54, 1.807) is 36.7 Å². The lowest BCUT2D eigenvalue weighted by Crippen LogP contribution is -2.10. The Labute approximate surface area is 145 Å². The highest BCUT2D eigenvalue weighted by Gasteiger charge is 2.24. The highest BCUT2D eigenvalue weighted by molar-refractivity contribution is 9.10. The van der Waals surface area contributed by atoms with Crippen molar-refractivity contribution in [2.45, 2.75) is 6.10 Å². The van der Waals surface area contributed by atoms with E-state index in [1.165, 1.54) is 0 Å². The van der Waals surface area contributed by atoms with Crippen molar-refractivity contribution in [2.24, 2.45) is 0 Å². The van der Waals surface area contributed by atoms with Crippen LogP contribution in [0.5, 0.6) is 0 Å². The molecular formula is C15H10BrClN4O2. The van der Waals surface area contributed by atoms with Crippen LogP contribution in [0.25, 0.3) is 11.3 Å². The van der Waals surface area contributed by atoms with Crippen LogP contribution in [0.4, 0.5) is 0 Å². The summed E-state index contributed by atoms with van der Waals surface area (Å²) in [4.78, 5) is 19.6. The first kappa shape index (κ1) is 15.6. The number of ether oxygens (including phenoxy) is 1. The van der Waals surface area contributed by atoms with Gasteiger partial charge < -0.3 is 4.74 Å². The van der Waals surface area contributed by atoms with E-state index in [2.05, 4.69) is 36.1 Å². The molecule has 1 N–H and O–H groups in total. The summed E-state index contributed by atoms with van der Waals surface area (Å²) in [7, 11) is 0. The maximum absolute atomic E-state index is 10.9. The van der Waals surface area contributed by atoms with Gasteiger partial charge in [0, 0.05) is 18.0 Å². The average Bonchev–Trinajstić information content (AvgIpc) is 2.99. The molecular weight excluding hydrogens is 384 g/mol. The Kier molecular flexibility index (Phi) is 4.68. The molecule has 0 fully saturated rings. The summed E-state index contributed by atoms with van der Waals surface area (Å²) in [5.74, 6) is 0. The van der Waals surface area contributed by atoms with Crippen molar-refractivity contribution in [3.63, 3.8) is 0 Å². The molecule has 8 heteroatoms. The summed E-state index contributed by atoms with van der Waals surface area (Å²) in [5, 5.41) is 7.28. The third-order valence-electron chi connectivity index (χ3n) is 3.14. The monoisotopic (exact) mass is 392 g/mol. The molecule has 0 saturated carbocycles. The number of carbonyl (C=O) groups excluding carboxylic acids is 1. The first-order chi connectivity index (χ1) is 11.2. The van der Waals surface area contributed by atoms with E-state index in [9.17, 15) is 4.79 Å². The molecule has 3 aromatic rings. The van der Waals surface area contributed by atoms with Gasteiger partial charge >= 0.3 is 0 Å². The van der Waals surface area contributed by atoms with Crippen molar-refractivity contribution in [1.82, 2.24) is 20.2 Å². The minimum Gasteiger partial charge on any atom is -0.451 e. The molecule has 1 atom stereocenters. The molecule has 1 unspecified atom stereocenters. The lowest BCUT2D eigenvalue weighted by molar-refractivity contribution is -0.132. The first-order valence-corrected chi connectivity index (χ1v) is 7.73. The lowest BCUT2D eigenvalue weighted by Gasteiger charge is -2.16. The number of aromatic nitrogens is 4. The smallest absolute Gasteiger partial charge is 0.294 e. The van der Waals surface area contributed by atoms with Crippen molar-refractivity contribution >= 4 is 34.0 Å². The van der Waals surface area contributed by atoms with E-state index in [1.807, 2.05) is 6.07 Å². The zero-order chi connectivity index (χ0) is 16.2. The highest BCUT2D eigenvalue weighted by atomic mass is 79.9. The van der Waals surface area contributed by atoms with Gasteiger partial charge in [-0.25, -0.2) is 0 Å². The van der Waals surface area contributed by atoms with E-state index in [0.29, 0.717) is 38.7 Å². The summed E-state index contributed by atoms with van der Waals surface area (Å²) in [6.07, 6.45) is 2.50. The van der Waals surface area contributed by atoms with Gasteiger partial charge in [0.2, 0.25) is 0 Å². The Bertz CT molecular complexity index is 840. The van der Waals surface area contributed by atoms with Crippen molar-refractivity contribution in [1.29, 1.82) is 0 Å². The third-order valence-corrected chi connectivity index (χ3v) is 3.85. The quantitative estimate of drug-likeness (QED) is 0.671. The molecule has 0 spiro atoms. The van der Waals surface area contributed by atoms with Crippen molar-refractivity contribution in [3.05, 3.63) is 63.7 Å². The zero-order valence-corrected chi connectivity index (χ0v) is 14.0. The minimum atomic E-state index is -0.749. The van der Waals surface area contributed by atoms with Gasteiger partial charge in [0.15, 0.2) is 6.10 Å². The number of carbonyl (C=O) groups is 1. The Morgan fingerprint density at radius 3 is 2.74 bits per heavy atom. The minimum absolute atomic E-state index is 0.373. The largest absolute Gasteiger partial charge is 0.451 e. The van der Waals surface area contributed by atoms with Crippen LogP contribution in [0.3, 0.4) is 0 Å². The number of nitrogens with zero attached hydrogens (tertiary/aromatic N) is 3. The molecule has 0 bridgehead atoms. The molecule has 3 heterocycles. The van der Waals surface area contributed by atoms with E-state index in [0.717, 1.165) is 0 Å². The number of halogens is 2. The summed E-state index contributed by atoms with van der Waals surface area (Å²) in [6.45, 7) is 0.373. The molecule has 116 valence electrons. The summed E-state index contributed by atoms with van der Waals surface area (Å²) < 4.78 is 5.82. The Morgan fingerprint density at radius 2 is 2.04 bits per heavy atom. The van der Waals surface area contributed by atoms with E-state index >= 15 is 0 Å². The Morgan fingerprint density at radius 1 is 1.26 bits per heavy atom. The van der Waals surface area contributed by atoms with Gasteiger partial charge in [0.1, 0.15) is 4.60 Å². The Hall–Kier alpha value is -2.25. The van der Waals surface area contributed by atoms with Gasteiger partial charge in [-0.3, -0.25) is 19.9 Å². The van der Waals surface area contributed by atoms with E-state index in [4.69, 9.17) is 16.3 Å². The van der Waals surface area contributed by atoms with Crippen LogP contribution < -0.4 is 0 Å². The van der Waals surface area contributed by atoms with Crippen molar-refractivity contribution in [3.8, 4) is 11.3 Å². The average molecular weight is 394 g/mol. The van der Waals surface area contributed by atoms with Crippen LogP contribution in [0.1, 0.15) is 17.5 Å². The van der Waals surface area contributed by atoms with Crippen LogP contribution >= 0.6 is 27.5 Å². The molecule has 0 aromatic carbocycles. The summed E-state index contributed by atoms with van der Waals surface area (Å²) >= 11 is 9.49. The Balaban J connectivity index is 2.15. The SMILES string of the molecule is O=COC(c1cc(Br)n[nH]1)c1ncccc1-c1ncccc1Cl. The number of aromatic amines is 1. The predicted molar refractivity (Wildman–Crippen MR) is 87.8 cm³/mol. The predicted octanol–water partition coefficient (Wildman–Crippen LogP) is 3.55. The zero-order valence-electron chi connectivity index (χ0n) is 11.6. The maximum Gasteiger partial charge on any atom is 0.294 e. The van der Waals surface area contributed by atoms with Gasteiger partial charge in [-0.15, -0.1) is 0 Å². The number of nitrogens with one attached hydrogen (secondary N) is 1. The standard InChI is InChI=1S/C15H10BrClN4O2/c16-12-7-11(20-21-12)15(23-8-22)14-9(3-1-5-19-14)13-10(17)4-2-6-18-13/h1-8,15H,(H,20,21). The summed E-state index contributed by atoms with van der Waals surface area (Å²) in [6, 6.07) is 8.79. The number of rotatable bonds is 5. The molecule has 0 aliphatic rings. The maximum atomic E-state index is 10.9. The molecule has 3 rings (SSSR count). The fraction of sp³-hybridized carbons (Fsp3) is 0.0667. The van der Waals surface area contributed by atoms with Gasteiger partial charge in [0.25, 0.3) is 6.47 Å². The molecule has 0 amide bonds. The number of pyridine rings is 2. The van der Waals surface area contributed by atoms with Gasteiger partial charge in [-0.2, -0.15) is 5.10 Å². The van der Waals surface area contributed by atoms with Crippen LogP contribution in [-0.4, -0.2) is 26.6 Å². The second-order valence-corrected chi connectivity index (χ2v) is 5.75. The van der Waals surface area contributed by atoms with Gasteiger partial charge in [-0.1, -0.05) is 11.6 Å². The number of hydrogen-bond acceptors (Lipinski definition) is 5. The molecule has 0 aliphatic carbocycles. The normalized spacial score (nSPS) is 11.9. The number of hydrogen-bond donors (Lipinski definition) is 1. The molecule has 0 saturated heterocycles. The van der Waals surface area contributed by atoms with Crippen molar-refractivity contribution in [2.75, 3.05) is 0 Å². The van der Waals surface area contributed by atoms with Gasteiger partial charge in [-0.05, 0) is 46.3 Å².